The molecule has 0 amide bonds. The second-order valence-corrected chi connectivity index (χ2v) is 0. The molecular formula is Br3Li. The number of hydrogen-bond donors (Lipinski definition) is 0. The molecule has 0 aromatic heterocycles. The molecule has 0 aromatic carbocycles. The van der Waals surface area contributed by atoms with Crippen molar-refractivity contribution in [1.29, 1.82) is 0 Å². The predicted molar refractivity (Wildman–Crippen MR) is 17.9 cm³/mol. The van der Waals surface area contributed by atoms with Crippen LogP contribution < -0.4 is 35.8 Å². The average molecular weight is 247 g/mol. The fourth-order valence-corrected chi connectivity index (χ4v) is 0. The summed E-state index contributed by atoms with van der Waals surface area (Å²) in [5.41, 5.74) is 0. The third-order valence-electron chi connectivity index (χ3n) is 0. The second kappa shape index (κ2) is 19.8. The van der Waals surface area contributed by atoms with E-state index >= 15 is 0 Å². The standard InChI is InChI=1S/Br2.BrH.Li/c1-2;;/h;1H;/q;;+1/p-1. The fraction of sp³-hybridized carbons (Fsp3) is 0. The van der Waals surface area contributed by atoms with E-state index in [4.69, 9.17) is 0 Å². The molecule has 22 valence electrons. The van der Waals surface area contributed by atoms with Crippen molar-refractivity contribution in [2.45, 2.75) is 0 Å². The molecule has 0 N–H and O–H groups in total. The second-order valence-electron chi connectivity index (χ2n) is 0. The van der Waals surface area contributed by atoms with Crippen LogP contribution in [0.15, 0.2) is 0 Å². The van der Waals surface area contributed by atoms with Gasteiger partial charge >= 0.3 is 18.9 Å². The summed E-state index contributed by atoms with van der Waals surface area (Å²) in [6, 6.07) is 0. The fourth-order valence-electron chi connectivity index (χ4n) is 0. The maximum absolute atomic E-state index is 2.75. The van der Waals surface area contributed by atoms with E-state index < -0.39 is 0 Å². The predicted octanol–water partition coefficient (Wildman–Crippen LogP) is -4.30. The number of halogens is 3. The Hall–Kier alpha value is 2.04. The zero-order valence-electron chi connectivity index (χ0n) is 2.13. The molecule has 0 radical (unpaired) electrons. The van der Waals surface area contributed by atoms with Crippen LogP contribution in [0.3, 0.4) is 0 Å². The van der Waals surface area contributed by atoms with Crippen LogP contribution in [0.5, 0.6) is 0 Å². The Morgan fingerprint density at radius 2 is 1.00 bits per heavy atom. The molecule has 0 aliphatic heterocycles. The Balaban J connectivity index is -0.00000000500. The summed E-state index contributed by atoms with van der Waals surface area (Å²) >= 11 is 5.50. The third kappa shape index (κ3) is 8.97. The van der Waals surface area contributed by atoms with Crippen LogP contribution in [0, 0.1) is 0 Å². The van der Waals surface area contributed by atoms with Gasteiger partial charge < -0.3 is 17.0 Å². The van der Waals surface area contributed by atoms with Crippen LogP contribution in [0.1, 0.15) is 0 Å². The van der Waals surface area contributed by atoms with Crippen molar-refractivity contribution < 1.29 is 35.8 Å². The molecule has 0 fully saturated rings. The minimum absolute atomic E-state index is 0. The van der Waals surface area contributed by atoms with Gasteiger partial charge in [0.1, 0.15) is 0 Å². The van der Waals surface area contributed by atoms with Gasteiger partial charge in [-0.2, -0.15) is 0 Å². The summed E-state index contributed by atoms with van der Waals surface area (Å²) in [5, 5.41) is 0. The Labute approximate surface area is 63.5 Å². The van der Waals surface area contributed by atoms with Gasteiger partial charge in [0.25, 0.3) is 0 Å². The van der Waals surface area contributed by atoms with Crippen molar-refractivity contribution >= 4 is 28.3 Å². The van der Waals surface area contributed by atoms with Crippen molar-refractivity contribution in [2.24, 2.45) is 0 Å². The van der Waals surface area contributed by atoms with Gasteiger partial charge in [-0.1, -0.05) is 0 Å². The zero-order chi connectivity index (χ0) is 2.00. The molecule has 0 aliphatic rings. The molecule has 0 aliphatic carbocycles. The Morgan fingerprint density at radius 1 is 1.00 bits per heavy atom. The third-order valence-corrected chi connectivity index (χ3v) is 0. The summed E-state index contributed by atoms with van der Waals surface area (Å²) in [5.74, 6) is 0. The summed E-state index contributed by atoms with van der Waals surface area (Å²) in [6.45, 7) is 0. The average Bonchev–Trinajstić information content (AvgIpc) is 1.00. The van der Waals surface area contributed by atoms with Gasteiger partial charge in [0.15, 0.2) is 0 Å². The molecule has 0 unspecified atom stereocenters. The minimum atomic E-state index is 0. The van der Waals surface area contributed by atoms with Gasteiger partial charge in [-0.3, -0.25) is 0 Å². The normalized spacial score (nSPS) is 1.50. The molecule has 0 bridgehead atoms. The van der Waals surface area contributed by atoms with Crippen LogP contribution in [-0.2, 0) is 0 Å². The van der Waals surface area contributed by atoms with E-state index in [0.29, 0.717) is 0 Å². The van der Waals surface area contributed by atoms with Crippen LogP contribution in [-0.4, -0.2) is 0 Å². The van der Waals surface area contributed by atoms with Gasteiger partial charge in [-0.25, -0.2) is 0 Å². The van der Waals surface area contributed by atoms with Crippen molar-refractivity contribution in [2.75, 3.05) is 0 Å². The molecule has 4 heavy (non-hydrogen) atoms. The monoisotopic (exact) mass is 244 g/mol. The zero-order valence-corrected chi connectivity index (χ0v) is 6.89. The summed E-state index contributed by atoms with van der Waals surface area (Å²) < 4.78 is 0. The van der Waals surface area contributed by atoms with E-state index in [1.165, 1.54) is 0 Å². The van der Waals surface area contributed by atoms with Crippen LogP contribution in [0.2, 0.25) is 0 Å². The Kier molecular flexibility index (Phi) is 82.1. The SMILES string of the molecule is BrBr.[Br-].[Li+]. The molecule has 0 heterocycles. The van der Waals surface area contributed by atoms with Crippen LogP contribution in [0.4, 0.5) is 0 Å². The molecular weight excluding hydrogens is 247 g/mol. The van der Waals surface area contributed by atoms with Gasteiger partial charge in [-0.05, 0) is 0 Å². The van der Waals surface area contributed by atoms with E-state index in [2.05, 4.69) is 28.3 Å². The molecule has 0 saturated carbocycles. The van der Waals surface area contributed by atoms with E-state index in [1.807, 2.05) is 0 Å². The molecule has 0 saturated heterocycles. The van der Waals surface area contributed by atoms with Gasteiger partial charge in [0, 0.05) is 28.3 Å². The Morgan fingerprint density at radius 3 is 1.00 bits per heavy atom. The smallest absolute Gasteiger partial charge is 1.00 e. The number of rotatable bonds is 0. The van der Waals surface area contributed by atoms with E-state index in [0.717, 1.165) is 0 Å². The quantitative estimate of drug-likeness (QED) is 0.380. The summed E-state index contributed by atoms with van der Waals surface area (Å²) in [4.78, 5) is 0. The van der Waals surface area contributed by atoms with Gasteiger partial charge in [-0.15, -0.1) is 0 Å². The minimum Gasteiger partial charge on any atom is -1.00 e. The van der Waals surface area contributed by atoms with E-state index in [-0.39, 0.29) is 35.8 Å². The largest absolute Gasteiger partial charge is 1.00 e. The molecule has 0 nitrogen and oxygen atoms in total. The molecule has 0 aromatic rings. The summed E-state index contributed by atoms with van der Waals surface area (Å²) in [7, 11) is 0. The van der Waals surface area contributed by atoms with Crippen molar-refractivity contribution in [3.05, 3.63) is 0 Å². The first-order valence-electron chi connectivity index (χ1n) is 0.143. The van der Waals surface area contributed by atoms with Crippen molar-refractivity contribution in [3.63, 3.8) is 0 Å². The number of hydrogen-bond acceptors (Lipinski definition) is 0. The first-order valence-corrected chi connectivity index (χ1v) is 3.86. The van der Waals surface area contributed by atoms with Gasteiger partial charge in [0.05, 0.1) is 0 Å². The molecule has 0 rings (SSSR count). The van der Waals surface area contributed by atoms with Crippen LogP contribution >= 0.6 is 28.3 Å². The summed E-state index contributed by atoms with van der Waals surface area (Å²) in [6.07, 6.45) is 0. The van der Waals surface area contributed by atoms with Gasteiger partial charge in [0.2, 0.25) is 0 Å². The Bertz CT molecular complexity index is 3.25. The maximum atomic E-state index is 2.75. The van der Waals surface area contributed by atoms with Crippen molar-refractivity contribution in [3.8, 4) is 0 Å². The molecule has 4 heteroatoms. The molecule has 0 atom stereocenters. The van der Waals surface area contributed by atoms with E-state index in [9.17, 15) is 0 Å². The van der Waals surface area contributed by atoms with Crippen LogP contribution in [0.25, 0.3) is 0 Å². The maximum Gasteiger partial charge on any atom is 1.00 e. The topological polar surface area (TPSA) is 0 Å². The first-order chi connectivity index (χ1) is 1.00. The molecule has 0 spiro atoms. The van der Waals surface area contributed by atoms with E-state index in [1.54, 1.807) is 0 Å². The van der Waals surface area contributed by atoms with Crippen molar-refractivity contribution in [1.82, 2.24) is 0 Å². The first kappa shape index (κ1) is 16.6.